The molecule has 0 saturated carbocycles. The van der Waals surface area contributed by atoms with E-state index in [0.717, 1.165) is 18.6 Å². The predicted molar refractivity (Wildman–Crippen MR) is 105 cm³/mol. The summed E-state index contributed by atoms with van der Waals surface area (Å²) in [7, 11) is 0. The van der Waals surface area contributed by atoms with Gasteiger partial charge in [0.25, 0.3) is 0 Å². The van der Waals surface area contributed by atoms with Crippen LogP contribution < -0.4 is 0 Å². The fourth-order valence-corrected chi connectivity index (χ4v) is 3.20. The van der Waals surface area contributed by atoms with Crippen molar-refractivity contribution in [2.24, 2.45) is 5.41 Å². The molecule has 0 aromatic heterocycles. The zero-order valence-electron chi connectivity index (χ0n) is 15.7. The number of carbonyl (C=O) groups excluding carboxylic acids is 2. The molecule has 0 aliphatic rings. The number of esters is 2. The molecule has 6 heteroatoms. The van der Waals surface area contributed by atoms with E-state index in [1.165, 1.54) is 37.4 Å². The second kappa shape index (κ2) is 14.9. The Hall–Kier alpha value is -0.360. The largest absolute Gasteiger partial charge is 0.465 e. The van der Waals surface area contributed by atoms with Crippen molar-refractivity contribution in [2.45, 2.75) is 59.3 Å². The molecular formula is C18H34O4S2. The van der Waals surface area contributed by atoms with Crippen molar-refractivity contribution in [3.05, 3.63) is 0 Å². The lowest BCUT2D eigenvalue weighted by atomic mass is 9.97. The van der Waals surface area contributed by atoms with Crippen molar-refractivity contribution in [3.63, 3.8) is 0 Å². The molecule has 0 unspecified atom stereocenters. The van der Waals surface area contributed by atoms with Gasteiger partial charge in [0.2, 0.25) is 0 Å². The highest BCUT2D eigenvalue weighted by atomic mass is 32.2. The van der Waals surface area contributed by atoms with E-state index in [0.29, 0.717) is 19.0 Å². The lowest BCUT2D eigenvalue weighted by Crippen LogP contribution is -2.30. The first kappa shape index (κ1) is 23.6. The average Bonchev–Trinajstić information content (AvgIpc) is 2.54. The normalized spacial score (nSPS) is 11.3. The van der Waals surface area contributed by atoms with Crippen molar-refractivity contribution >= 4 is 35.5 Å². The average molecular weight is 379 g/mol. The van der Waals surface area contributed by atoms with Gasteiger partial charge in [-0.25, -0.2) is 0 Å². The summed E-state index contributed by atoms with van der Waals surface area (Å²) in [5.41, 5.74) is -0.581. The zero-order valence-corrected chi connectivity index (χ0v) is 17.4. The summed E-state index contributed by atoms with van der Waals surface area (Å²) in [5, 5.41) is 0. The standard InChI is InChI=1S/C18H34O4S2/c1-5-6-7-8-9-10-11-21-16(19)14-24-15-18(2,3)17(20)22-12-13-23-4/h5-15H2,1-4H3. The molecule has 142 valence electrons. The molecule has 0 rings (SSSR count). The molecule has 0 radical (unpaired) electrons. The Kier molecular flexibility index (Phi) is 14.7. The monoisotopic (exact) mass is 378 g/mol. The Morgan fingerprint density at radius 2 is 1.62 bits per heavy atom. The third-order valence-electron chi connectivity index (χ3n) is 3.52. The Morgan fingerprint density at radius 1 is 0.958 bits per heavy atom. The smallest absolute Gasteiger partial charge is 0.315 e. The SMILES string of the molecule is CCCCCCCCOC(=O)CSCC(C)(C)C(=O)OCCSC. The number of rotatable bonds is 15. The summed E-state index contributed by atoms with van der Waals surface area (Å²) in [6.07, 6.45) is 9.05. The van der Waals surface area contributed by atoms with Crippen molar-refractivity contribution in [1.82, 2.24) is 0 Å². The maximum absolute atomic E-state index is 12.0. The summed E-state index contributed by atoms with van der Waals surface area (Å²) in [5.74, 6) is 1.25. The van der Waals surface area contributed by atoms with E-state index >= 15 is 0 Å². The highest BCUT2D eigenvalue weighted by Crippen LogP contribution is 2.23. The number of hydrogen-bond acceptors (Lipinski definition) is 6. The number of hydrogen-bond donors (Lipinski definition) is 0. The third-order valence-corrected chi connectivity index (χ3v) is 5.46. The molecule has 4 nitrogen and oxygen atoms in total. The second-order valence-corrected chi connectivity index (χ2v) is 8.46. The minimum atomic E-state index is -0.581. The van der Waals surface area contributed by atoms with Gasteiger partial charge in [-0.2, -0.15) is 11.8 Å². The summed E-state index contributed by atoms with van der Waals surface area (Å²) in [6, 6.07) is 0. The van der Waals surface area contributed by atoms with Gasteiger partial charge in [-0.05, 0) is 26.5 Å². The summed E-state index contributed by atoms with van der Waals surface area (Å²) in [4.78, 5) is 23.7. The van der Waals surface area contributed by atoms with Gasteiger partial charge in [-0.3, -0.25) is 9.59 Å². The van der Waals surface area contributed by atoms with Crippen LogP contribution in [0.3, 0.4) is 0 Å². The summed E-state index contributed by atoms with van der Waals surface area (Å²) >= 11 is 3.08. The molecule has 24 heavy (non-hydrogen) atoms. The van der Waals surface area contributed by atoms with E-state index in [9.17, 15) is 9.59 Å². The van der Waals surface area contributed by atoms with E-state index in [-0.39, 0.29) is 17.7 Å². The van der Waals surface area contributed by atoms with Crippen LogP contribution in [0.1, 0.15) is 59.3 Å². The van der Waals surface area contributed by atoms with Crippen LogP contribution in [0.15, 0.2) is 0 Å². The van der Waals surface area contributed by atoms with Gasteiger partial charge < -0.3 is 9.47 Å². The van der Waals surface area contributed by atoms with Gasteiger partial charge in [-0.1, -0.05) is 39.0 Å². The second-order valence-electron chi connectivity index (χ2n) is 6.49. The van der Waals surface area contributed by atoms with Crippen LogP contribution in [-0.4, -0.2) is 48.7 Å². The van der Waals surface area contributed by atoms with Crippen LogP contribution in [0.25, 0.3) is 0 Å². The summed E-state index contributed by atoms with van der Waals surface area (Å²) < 4.78 is 10.5. The third kappa shape index (κ3) is 13.0. The van der Waals surface area contributed by atoms with E-state index in [4.69, 9.17) is 9.47 Å². The topological polar surface area (TPSA) is 52.6 Å². The van der Waals surface area contributed by atoms with Gasteiger partial charge >= 0.3 is 11.9 Å². The van der Waals surface area contributed by atoms with Crippen molar-refractivity contribution in [2.75, 3.05) is 36.7 Å². The Bertz CT molecular complexity index is 346. The van der Waals surface area contributed by atoms with E-state index in [2.05, 4.69) is 6.92 Å². The molecule has 0 bridgehead atoms. The Morgan fingerprint density at radius 3 is 2.29 bits per heavy atom. The van der Waals surface area contributed by atoms with Gasteiger partial charge in [0, 0.05) is 11.5 Å². The number of ether oxygens (including phenoxy) is 2. The molecule has 0 fully saturated rings. The first-order valence-corrected chi connectivity index (χ1v) is 11.4. The van der Waals surface area contributed by atoms with Crippen molar-refractivity contribution in [1.29, 1.82) is 0 Å². The molecule has 0 heterocycles. The maximum atomic E-state index is 12.0. The molecular weight excluding hydrogens is 344 g/mol. The first-order chi connectivity index (χ1) is 11.4. The maximum Gasteiger partial charge on any atom is 0.315 e. The van der Waals surface area contributed by atoms with Crippen LogP contribution in [0.4, 0.5) is 0 Å². The van der Waals surface area contributed by atoms with Gasteiger partial charge in [0.15, 0.2) is 0 Å². The van der Waals surface area contributed by atoms with Crippen LogP contribution in [0.5, 0.6) is 0 Å². The Labute approximate surface area is 156 Å². The fourth-order valence-electron chi connectivity index (χ4n) is 1.97. The molecule has 0 amide bonds. The molecule has 0 spiro atoms. The van der Waals surface area contributed by atoms with Crippen LogP contribution in [-0.2, 0) is 19.1 Å². The van der Waals surface area contributed by atoms with Crippen molar-refractivity contribution in [3.8, 4) is 0 Å². The number of carbonyl (C=O) groups is 2. The van der Waals surface area contributed by atoms with E-state index in [1.54, 1.807) is 11.8 Å². The van der Waals surface area contributed by atoms with Crippen LogP contribution in [0, 0.1) is 5.41 Å². The number of unbranched alkanes of at least 4 members (excludes halogenated alkanes) is 5. The molecule has 0 aromatic rings. The lowest BCUT2D eigenvalue weighted by Gasteiger charge is -2.21. The minimum absolute atomic E-state index is 0.194. The lowest BCUT2D eigenvalue weighted by molar-refractivity contribution is -0.152. The van der Waals surface area contributed by atoms with E-state index < -0.39 is 5.41 Å². The van der Waals surface area contributed by atoms with Crippen LogP contribution in [0.2, 0.25) is 0 Å². The highest BCUT2D eigenvalue weighted by Gasteiger charge is 2.29. The molecule has 0 N–H and O–H groups in total. The molecule has 0 aliphatic heterocycles. The van der Waals surface area contributed by atoms with Gasteiger partial charge in [-0.15, -0.1) is 11.8 Å². The minimum Gasteiger partial charge on any atom is -0.465 e. The van der Waals surface area contributed by atoms with Crippen LogP contribution >= 0.6 is 23.5 Å². The first-order valence-electron chi connectivity index (χ1n) is 8.83. The highest BCUT2D eigenvalue weighted by molar-refractivity contribution is 8.00. The molecule has 0 aromatic carbocycles. The molecule has 0 aliphatic carbocycles. The molecule has 0 atom stereocenters. The Balaban J connectivity index is 3.69. The van der Waals surface area contributed by atoms with Gasteiger partial charge in [0.1, 0.15) is 6.61 Å². The quantitative estimate of drug-likeness (QED) is 0.308. The number of thioether (sulfide) groups is 2. The summed E-state index contributed by atoms with van der Waals surface area (Å²) in [6.45, 7) is 6.84. The fraction of sp³-hybridized carbons (Fsp3) is 0.889. The predicted octanol–water partition coefficient (Wildman–Crippen LogP) is 4.56. The van der Waals surface area contributed by atoms with E-state index in [1.807, 2.05) is 20.1 Å². The zero-order chi connectivity index (χ0) is 18.3. The molecule has 0 saturated heterocycles. The van der Waals surface area contributed by atoms with Gasteiger partial charge in [0.05, 0.1) is 17.8 Å². The van der Waals surface area contributed by atoms with Crippen molar-refractivity contribution < 1.29 is 19.1 Å².